The quantitative estimate of drug-likeness (QED) is 0.846. The van der Waals surface area contributed by atoms with Gasteiger partial charge in [0.2, 0.25) is 5.91 Å². The van der Waals surface area contributed by atoms with Gasteiger partial charge >= 0.3 is 0 Å². The van der Waals surface area contributed by atoms with Gasteiger partial charge in [-0.15, -0.1) is 11.3 Å². The molecule has 0 fully saturated rings. The molecule has 0 spiro atoms. The van der Waals surface area contributed by atoms with Gasteiger partial charge in [-0.25, -0.2) is 0 Å². The zero-order valence-electron chi connectivity index (χ0n) is 12.8. The van der Waals surface area contributed by atoms with Crippen molar-refractivity contribution in [3.63, 3.8) is 0 Å². The van der Waals surface area contributed by atoms with E-state index in [1.165, 1.54) is 36.1 Å². The number of carbonyl (C=O) groups excluding carboxylic acids is 1. The fourth-order valence-electron chi connectivity index (χ4n) is 2.45. The summed E-state index contributed by atoms with van der Waals surface area (Å²) in [7, 11) is 0. The Morgan fingerprint density at radius 2 is 2.05 bits per heavy atom. The van der Waals surface area contributed by atoms with Crippen molar-refractivity contribution >= 4 is 17.2 Å². The molecule has 2 rings (SSSR count). The monoisotopic (exact) mass is 294 g/mol. The number of hydrogen-bond donors (Lipinski definition) is 2. The van der Waals surface area contributed by atoms with E-state index in [1.54, 1.807) is 4.88 Å². The highest BCUT2D eigenvalue weighted by atomic mass is 32.1. The molecule has 1 aromatic rings. The Morgan fingerprint density at radius 1 is 1.30 bits per heavy atom. The Hall–Kier alpha value is -0.870. The Kier molecular flexibility index (Phi) is 5.61. The first-order chi connectivity index (χ1) is 9.56. The molecule has 0 aliphatic heterocycles. The molecule has 0 saturated carbocycles. The second-order valence-corrected chi connectivity index (χ2v) is 7.27. The van der Waals surface area contributed by atoms with Gasteiger partial charge in [-0.3, -0.25) is 4.79 Å². The summed E-state index contributed by atoms with van der Waals surface area (Å²) in [5, 5.41) is 6.27. The lowest BCUT2D eigenvalue weighted by Gasteiger charge is -2.13. The van der Waals surface area contributed by atoms with Gasteiger partial charge in [-0.05, 0) is 50.2 Å². The first kappa shape index (κ1) is 15.5. The molecule has 0 bridgehead atoms. The normalized spacial score (nSPS) is 16.0. The van der Waals surface area contributed by atoms with Crippen LogP contribution in [0.15, 0.2) is 6.07 Å². The number of fused-ring (bicyclic) bond motifs is 1. The maximum absolute atomic E-state index is 11.7. The van der Waals surface area contributed by atoms with Crippen LogP contribution >= 0.6 is 11.3 Å². The van der Waals surface area contributed by atoms with Gasteiger partial charge in [-0.2, -0.15) is 0 Å². The molecule has 1 aliphatic carbocycles. The summed E-state index contributed by atoms with van der Waals surface area (Å²) in [6.07, 6.45) is 5.12. The highest BCUT2D eigenvalue weighted by molar-refractivity contribution is 7.12. The van der Waals surface area contributed by atoms with Crippen molar-refractivity contribution in [2.45, 2.75) is 52.5 Å². The van der Waals surface area contributed by atoms with Gasteiger partial charge in [0.05, 0.1) is 6.54 Å². The number of amides is 1. The van der Waals surface area contributed by atoms with E-state index in [-0.39, 0.29) is 11.9 Å². The summed E-state index contributed by atoms with van der Waals surface area (Å²) in [6.45, 7) is 7.50. The maximum atomic E-state index is 11.7. The Labute approximate surface area is 126 Å². The highest BCUT2D eigenvalue weighted by Crippen LogP contribution is 2.32. The van der Waals surface area contributed by atoms with E-state index in [0.717, 1.165) is 6.54 Å². The molecule has 0 saturated heterocycles. The van der Waals surface area contributed by atoms with Crippen LogP contribution in [-0.2, 0) is 17.6 Å². The molecule has 0 aromatic carbocycles. The lowest BCUT2D eigenvalue weighted by molar-refractivity contribution is -0.120. The first-order valence-electron chi connectivity index (χ1n) is 7.68. The van der Waals surface area contributed by atoms with E-state index in [9.17, 15) is 4.79 Å². The van der Waals surface area contributed by atoms with E-state index in [1.807, 2.05) is 11.3 Å². The Bertz CT molecular complexity index is 430. The molecule has 1 atom stereocenters. The minimum absolute atomic E-state index is 0.0897. The smallest absolute Gasteiger partial charge is 0.233 e. The summed E-state index contributed by atoms with van der Waals surface area (Å²) in [4.78, 5) is 14.6. The largest absolute Gasteiger partial charge is 0.355 e. The predicted octanol–water partition coefficient (Wildman–Crippen LogP) is 3.05. The van der Waals surface area contributed by atoms with E-state index < -0.39 is 0 Å². The molecule has 4 heteroatoms. The van der Waals surface area contributed by atoms with Gasteiger partial charge in [0.1, 0.15) is 0 Å². The molecule has 1 heterocycles. The third-order valence-corrected chi connectivity index (χ3v) is 5.14. The summed E-state index contributed by atoms with van der Waals surface area (Å²) in [6, 6.07) is 2.60. The topological polar surface area (TPSA) is 41.1 Å². The number of carbonyl (C=O) groups is 1. The lowest BCUT2D eigenvalue weighted by atomic mass is 9.99. The minimum atomic E-state index is 0.0897. The van der Waals surface area contributed by atoms with Crippen molar-refractivity contribution in [2.75, 3.05) is 13.1 Å². The first-order valence-corrected chi connectivity index (χ1v) is 8.49. The SMILES string of the molecule is CC(C)CNC(=O)CNC(C)c1cc2c(s1)CCCC2. The Morgan fingerprint density at radius 3 is 2.75 bits per heavy atom. The molecule has 1 amide bonds. The van der Waals surface area contributed by atoms with Crippen LogP contribution in [0.1, 0.15) is 55.0 Å². The van der Waals surface area contributed by atoms with Crippen molar-refractivity contribution in [2.24, 2.45) is 5.92 Å². The zero-order chi connectivity index (χ0) is 14.5. The molecule has 20 heavy (non-hydrogen) atoms. The van der Waals surface area contributed by atoms with Crippen LogP contribution < -0.4 is 10.6 Å². The average molecular weight is 294 g/mol. The molecule has 3 nitrogen and oxygen atoms in total. The number of thiophene rings is 1. The van der Waals surface area contributed by atoms with Crippen molar-refractivity contribution in [1.29, 1.82) is 0 Å². The van der Waals surface area contributed by atoms with Gasteiger partial charge < -0.3 is 10.6 Å². The number of hydrogen-bond acceptors (Lipinski definition) is 3. The van der Waals surface area contributed by atoms with Crippen LogP contribution in [0.2, 0.25) is 0 Å². The molecule has 1 aromatic heterocycles. The van der Waals surface area contributed by atoms with Crippen LogP contribution in [0.5, 0.6) is 0 Å². The Balaban J connectivity index is 1.81. The van der Waals surface area contributed by atoms with Gasteiger partial charge in [0.25, 0.3) is 0 Å². The summed E-state index contributed by atoms with van der Waals surface area (Å²) in [5.41, 5.74) is 1.54. The van der Waals surface area contributed by atoms with E-state index in [0.29, 0.717) is 12.5 Å². The van der Waals surface area contributed by atoms with Crippen molar-refractivity contribution < 1.29 is 4.79 Å². The molecule has 112 valence electrons. The van der Waals surface area contributed by atoms with Crippen LogP contribution in [0.4, 0.5) is 0 Å². The molecule has 1 unspecified atom stereocenters. The van der Waals surface area contributed by atoms with Crippen LogP contribution in [-0.4, -0.2) is 19.0 Å². The standard InChI is InChI=1S/C16H26N2OS/c1-11(2)9-18-16(19)10-17-12(3)15-8-13-6-4-5-7-14(13)20-15/h8,11-12,17H,4-7,9-10H2,1-3H3,(H,18,19). The van der Waals surface area contributed by atoms with Crippen molar-refractivity contribution in [1.82, 2.24) is 10.6 Å². The third kappa shape index (κ3) is 4.32. The van der Waals surface area contributed by atoms with Gasteiger partial charge in [0.15, 0.2) is 0 Å². The minimum Gasteiger partial charge on any atom is -0.355 e. The highest BCUT2D eigenvalue weighted by Gasteiger charge is 2.16. The molecular weight excluding hydrogens is 268 g/mol. The average Bonchev–Trinajstić information content (AvgIpc) is 2.86. The van der Waals surface area contributed by atoms with Crippen molar-refractivity contribution in [3.05, 3.63) is 21.4 Å². The second-order valence-electron chi connectivity index (χ2n) is 6.10. The fourth-order valence-corrected chi connectivity index (χ4v) is 3.74. The molecule has 0 radical (unpaired) electrons. The number of rotatable bonds is 6. The van der Waals surface area contributed by atoms with E-state index in [4.69, 9.17) is 0 Å². The predicted molar refractivity (Wildman–Crippen MR) is 85.2 cm³/mol. The molecule has 1 aliphatic rings. The van der Waals surface area contributed by atoms with E-state index >= 15 is 0 Å². The second kappa shape index (κ2) is 7.23. The lowest BCUT2D eigenvalue weighted by Crippen LogP contribution is -2.36. The summed E-state index contributed by atoms with van der Waals surface area (Å²) < 4.78 is 0. The van der Waals surface area contributed by atoms with Gasteiger partial charge in [-0.1, -0.05) is 13.8 Å². The fraction of sp³-hybridized carbons (Fsp3) is 0.688. The van der Waals surface area contributed by atoms with Crippen LogP contribution in [0, 0.1) is 5.92 Å². The zero-order valence-corrected chi connectivity index (χ0v) is 13.6. The number of nitrogens with one attached hydrogen (secondary N) is 2. The van der Waals surface area contributed by atoms with Crippen LogP contribution in [0.25, 0.3) is 0 Å². The summed E-state index contributed by atoms with van der Waals surface area (Å²) >= 11 is 1.92. The molecule has 2 N–H and O–H groups in total. The maximum Gasteiger partial charge on any atom is 0.233 e. The summed E-state index contributed by atoms with van der Waals surface area (Å²) in [5.74, 6) is 0.590. The third-order valence-electron chi connectivity index (χ3n) is 3.72. The van der Waals surface area contributed by atoms with Crippen molar-refractivity contribution in [3.8, 4) is 0 Å². The van der Waals surface area contributed by atoms with Crippen LogP contribution in [0.3, 0.4) is 0 Å². The van der Waals surface area contributed by atoms with E-state index in [2.05, 4.69) is 37.5 Å². The number of aryl methyl sites for hydroxylation is 2. The molecular formula is C16H26N2OS. The van der Waals surface area contributed by atoms with Gasteiger partial charge in [0, 0.05) is 22.3 Å².